The lowest BCUT2D eigenvalue weighted by Crippen LogP contribution is -2.33. The SMILES string of the molecule is COc1cccc(C(=O)NCC(F)(F)F)c1Br. The molecule has 3 nitrogen and oxygen atoms in total. The third-order valence-corrected chi connectivity index (χ3v) is 2.70. The first-order valence-corrected chi connectivity index (χ1v) is 5.32. The van der Waals surface area contributed by atoms with E-state index in [2.05, 4.69) is 15.9 Å². The molecule has 0 saturated carbocycles. The van der Waals surface area contributed by atoms with E-state index in [-0.39, 0.29) is 5.56 Å². The largest absolute Gasteiger partial charge is 0.496 e. The molecule has 0 unspecified atom stereocenters. The van der Waals surface area contributed by atoms with E-state index >= 15 is 0 Å². The molecule has 1 aromatic rings. The second-order valence-corrected chi connectivity index (χ2v) is 3.91. The highest BCUT2D eigenvalue weighted by atomic mass is 79.9. The molecule has 94 valence electrons. The molecule has 0 atom stereocenters. The molecule has 0 saturated heterocycles. The topological polar surface area (TPSA) is 38.3 Å². The van der Waals surface area contributed by atoms with E-state index in [0.29, 0.717) is 10.2 Å². The van der Waals surface area contributed by atoms with Crippen LogP contribution >= 0.6 is 15.9 Å². The van der Waals surface area contributed by atoms with Crippen molar-refractivity contribution >= 4 is 21.8 Å². The van der Waals surface area contributed by atoms with Crippen molar-refractivity contribution in [1.82, 2.24) is 5.32 Å². The maximum atomic E-state index is 11.9. The van der Waals surface area contributed by atoms with Gasteiger partial charge in [0.15, 0.2) is 0 Å². The normalized spacial score (nSPS) is 11.1. The molecular weight excluding hydrogens is 303 g/mol. The van der Waals surface area contributed by atoms with E-state index in [1.165, 1.54) is 19.2 Å². The Balaban J connectivity index is 2.83. The number of carbonyl (C=O) groups is 1. The molecule has 17 heavy (non-hydrogen) atoms. The Morgan fingerprint density at radius 1 is 1.47 bits per heavy atom. The lowest BCUT2D eigenvalue weighted by Gasteiger charge is -2.11. The predicted molar refractivity (Wildman–Crippen MR) is 59.1 cm³/mol. The van der Waals surface area contributed by atoms with Gasteiger partial charge >= 0.3 is 6.18 Å². The summed E-state index contributed by atoms with van der Waals surface area (Å²) in [5, 5.41) is 1.78. The van der Waals surface area contributed by atoms with Crippen molar-refractivity contribution in [3.8, 4) is 5.75 Å². The van der Waals surface area contributed by atoms with Gasteiger partial charge in [-0.2, -0.15) is 13.2 Å². The van der Waals surface area contributed by atoms with Gasteiger partial charge in [0.05, 0.1) is 17.1 Å². The van der Waals surface area contributed by atoms with Crippen molar-refractivity contribution < 1.29 is 22.7 Å². The zero-order valence-corrected chi connectivity index (χ0v) is 10.4. The Morgan fingerprint density at radius 3 is 2.65 bits per heavy atom. The molecule has 0 bridgehead atoms. The number of alkyl halides is 3. The van der Waals surface area contributed by atoms with Gasteiger partial charge in [-0.1, -0.05) is 6.07 Å². The van der Waals surface area contributed by atoms with Gasteiger partial charge < -0.3 is 10.1 Å². The number of ether oxygens (including phenoxy) is 1. The van der Waals surface area contributed by atoms with Gasteiger partial charge in [-0.3, -0.25) is 4.79 Å². The fourth-order valence-corrected chi connectivity index (χ4v) is 1.73. The molecule has 0 aliphatic heterocycles. The zero-order chi connectivity index (χ0) is 13.1. The zero-order valence-electron chi connectivity index (χ0n) is 8.77. The van der Waals surface area contributed by atoms with Crippen molar-refractivity contribution in [2.45, 2.75) is 6.18 Å². The average molecular weight is 312 g/mol. The van der Waals surface area contributed by atoms with Crippen molar-refractivity contribution in [2.75, 3.05) is 13.7 Å². The summed E-state index contributed by atoms with van der Waals surface area (Å²) in [6.07, 6.45) is -4.43. The molecule has 1 rings (SSSR count). The molecule has 1 aromatic carbocycles. The fraction of sp³-hybridized carbons (Fsp3) is 0.300. The standard InChI is InChI=1S/C10H9BrF3NO2/c1-17-7-4-2-3-6(8(7)11)9(16)15-5-10(12,13)14/h2-4H,5H2,1H3,(H,15,16). The number of methoxy groups -OCH3 is 1. The van der Waals surface area contributed by atoms with E-state index in [1.807, 2.05) is 0 Å². The minimum absolute atomic E-state index is 0.0913. The van der Waals surface area contributed by atoms with E-state index in [1.54, 1.807) is 11.4 Å². The lowest BCUT2D eigenvalue weighted by atomic mass is 10.2. The molecule has 7 heteroatoms. The molecule has 0 aliphatic carbocycles. The highest BCUT2D eigenvalue weighted by Gasteiger charge is 2.28. The second-order valence-electron chi connectivity index (χ2n) is 3.12. The summed E-state index contributed by atoms with van der Waals surface area (Å²) in [4.78, 5) is 11.5. The highest BCUT2D eigenvalue weighted by Crippen LogP contribution is 2.28. The van der Waals surface area contributed by atoms with Gasteiger partial charge in [0.25, 0.3) is 5.91 Å². The Bertz CT molecular complexity index is 421. The van der Waals surface area contributed by atoms with Crippen LogP contribution in [0.1, 0.15) is 10.4 Å². The van der Waals surface area contributed by atoms with E-state index in [9.17, 15) is 18.0 Å². The van der Waals surface area contributed by atoms with E-state index < -0.39 is 18.6 Å². The summed E-state index contributed by atoms with van der Waals surface area (Å²) < 4.78 is 41.0. The van der Waals surface area contributed by atoms with Crippen LogP contribution in [0, 0.1) is 0 Å². The third-order valence-electron chi connectivity index (χ3n) is 1.88. The summed E-state index contributed by atoms with van der Waals surface area (Å²) >= 11 is 3.10. The Morgan fingerprint density at radius 2 is 2.12 bits per heavy atom. The van der Waals surface area contributed by atoms with Gasteiger partial charge in [-0.05, 0) is 28.1 Å². The van der Waals surface area contributed by atoms with Gasteiger partial charge in [0.2, 0.25) is 0 Å². The van der Waals surface area contributed by atoms with Crippen LogP contribution in [0.4, 0.5) is 13.2 Å². The maximum Gasteiger partial charge on any atom is 0.405 e. The first-order chi connectivity index (χ1) is 7.85. The molecule has 0 aromatic heterocycles. The second kappa shape index (κ2) is 5.39. The Hall–Kier alpha value is -1.24. The van der Waals surface area contributed by atoms with Gasteiger partial charge in [0.1, 0.15) is 12.3 Å². The van der Waals surface area contributed by atoms with Crippen LogP contribution < -0.4 is 10.1 Å². The van der Waals surface area contributed by atoms with Crippen LogP contribution in [-0.2, 0) is 0 Å². The predicted octanol–water partition coefficient (Wildman–Crippen LogP) is 2.75. The molecule has 1 amide bonds. The minimum Gasteiger partial charge on any atom is -0.496 e. The van der Waals surface area contributed by atoms with Crippen molar-refractivity contribution in [3.63, 3.8) is 0 Å². The molecule has 0 aliphatic rings. The van der Waals surface area contributed by atoms with Gasteiger partial charge in [-0.25, -0.2) is 0 Å². The molecule has 0 spiro atoms. The minimum atomic E-state index is -4.43. The van der Waals surface area contributed by atoms with Crippen molar-refractivity contribution in [3.05, 3.63) is 28.2 Å². The maximum absolute atomic E-state index is 11.9. The highest BCUT2D eigenvalue weighted by molar-refractivity contribution is 9.10. The fourth-order valence-electron chi connectivity index (χ4n) is 1.12. The number of rotatable bonds is 3. The van der Waals surface area contributed by atoms with Crippen LogP contribution in [0.15, 0.2) is 22.7 Å². The van der Waals surface area contributed by atoms with E-state index in [0.717, 1.165) is 0 Å². The first-order valence-electron chi connectivity index (χ1n) is 4.52. The number of carbonyl (C=O) groups excluding carboxylic acids is 1. The smallest absolute Gasteiger partial charge is 0.405 e. The summed E-state index contributed by atoms with van der Waals surface area (Å²) in [6.45, 7) is -1.37. The lowest BCUT2D eigenvalue weighted by molar-refractivity contribution is -0.123. The number of nitrogens with one attached hydrogen (secondary N) is 1. The molecule has 0 radical (unpaired) electrons. The van der Waals surface area contributed by atoms with Crippen LogP contribution in [0.5, 0.6) is 5.75 Å². The molecule has 0 fully saturated rings. The van der Waals surface area contributed by atoms with Gasteiger partial charge in [-0.15, -0.1) is 0 Å². The molecule has 1 N–H and O–H groups in total. The number of halogens is 4. The average Bonchev–Trinajstić information content (AvgIpc) is 2.25. The first kappa shape index (κ1) is 13.8. The quantitative estimate of drug-likeness (QED) is 0.932. The number of benzene rings is 1. The van der Waals surface area contributed by atoms with Crippen LogP contribution in [0.25, 0.3) is 0 Å². The van der Waals surface area contributed by atoms with Crippen molar-refractivity contribution in [2.24, 2.45) is 0 Å². The van der Waals surface area contributed by atoms with Crippen LogP contribution in [-0.4, -0.2) is 25.7 Å². The van der Waals surface area contributed by atoms with Crippen molar-refractivity contribution in [1.29, 1.82) is 0 Å². The summed E-state index contributed by atoms with van der Waals surface area (Å²) in [7, 11) is 1.40. The third kappa shape index (κ3) is 3.92. The number of amides is 1. The van der Waals surface area contributed by atoms with Gasteiger partial charge in [0, 0.05) is 0 Å². The number of hydrogen-bond donors (Lipinski definition) is 1. The molecular formula is C10H9BrF3NO2. The number of hydrogen-bond acceptors (Lipinski definition) is 2. The molecule has 0 heterocycles. The van der Waals surface area contributed by atoms with Crippen LogP contribution in [0.2, 0.25) is 0 Å². The Kier molecular flexibility index (Phi) is 4.39. The Labute approximate surface area is 104 Å². The summed E-state index contributed by atoms with van der Waals surface area (Å²) in [6, 6.07) is 4.51. The monoisotopic (exact) mass is 311 g/mol. The summed E-state index contributed by atoms with van der Waals surface area (Å²) in [5.74, 6) is -0.433. The van der Waals surface area contributed by atoms with E-state index in [4.69, 9.17) is 4.74 Å². The van der Waals surface area contributed by atoms with Crippen LogP contribution in [0.3, 0.4) is 0 Å². The summed E-state index contributed by atoms with van der Waals surface area (Å²) in [5.41, 5.74) is 0.0913.